The van der Waals surface area contributed by atoms with Gasteiger partial charge in [-0.05, 0) is 114 Å². The molecule has 5 heteroatoms. The molecule has 4 saturated carbocycles. The molecule has 0 spiro atoms. The van der Waals surface area contributed by atoms with Crippen LogP contribution in [0.1, 0.15) is 54.4 Å². The molecule has 4 bridgehead atoms. The minimum Gasteiger partial charge on any atom is -0.490 e. The van der Waals surface area contributed by atoms with Crippen molar-refractivity contribution in [2.75, 3.05) is 13.2 Å². The van der Waals surface area contributed by atoms with Gasteiger partial charge in [0.2, 0.25) is 0 Å². The number of rotatable bonds is 7. The summed E-state index contributed by atoms with van der Waals surface area (Å²) in [6, 6.07) is 17.8. The molecule has 4 aliphatic rings. The van der Waals surface area contributed by atoms with Crippen LogP contribution in [0.5, 0.6) is 5.75 Å². The molecule has 182 valence electrons. The van der Waals surface area contributed by atoms with Crippen LogP contribution in [0, 0.1) is 17.8 Å². The summed E-state index contributed by atoms with van der Waals surface area (Å²) in [4.78, 5) is 11.3. The van der Waals surface area contributed by atoms with E-state index in [-0.39, 0.29) is 18.6 Å². The second-order valence-corrected chi connectivity index (χ2v) is 11.1. The second-order valence-electron chi connectivity index (χ2n) is 11.1. The molecular weight excluding hydrogens is 440 g/mol. The molecule has 5 nitrogen and oxygen atoms in total. The van der Waals surface area contributed by atoms with Crippen molar-refractivity contribution < 1.29 is 24.9 Å². The molecule has 0 amide bonds. The highest BCUT2D eigenvalue weighted by Gasteiger charge is 2.52. The largest absolute Gasteiger partial charge is 0.490 e. The van der Waals surface area contributed by atoms with E-state index in [0.29, 0.717) is 5.56 Å². The predicted octanol–water partition coefficient (Wildman–Crippen LogP) is 5.40. The number of benzene rings is 3. The van der Waals surface area contributed by atoms with Crippen molar-refractivity contribution in [3.05, 3.63) is 65.7 Å². The van der Waals surface area contributed by atoms with Crippen molar-refractivity contribution in [2.24, 2.45) is 17.8 Å². The second kappa shape index (κ2) is 8.65. The summed E-state index contributed by atoms with van der Waals surface area (Å²) < 4.78 is 6.11. The van der Waals surface area contributed by atoms with Crippen molar-refractivity contribution >= 4 is 16.7 Å². The standard InChI is InChI=1S/C30H32O5/c31-16-26(32)17-35-28-6-5-24(22-1-2-23-11-25(29(33)34)4-3-21(23)10-22)12-27(28)30-13-18-7-19(14-30)9-20(8-18)15-30/h1-6,10-12,18-20,26,31-32H,7-9,13-17H2,(H,33,34)/t18?,19?,20?,26-,30?/m1/s1. The average Bonchev–Trinajstić information content (AvgIpc) is 2.85. The Bertz CT molecular complexity index is 1240. The van der Waals surface area contributed by atoms with Crippen LogP contribution in [0.4, 0.5) is 0 Å². The fourth-order valence-electron chi connectivity index (χ4n) is 7.49. The van der Waals surface area contributed by atoms with E-state index in [9.17, 15) is 20.1 Å². The summed E-state index contributed by atoms with van der Waals surface area (Å²) >= 11 is 0. The first kappa shape index (κ1) is 22.6. The quantitative estimate of drug-likeness (QED) is 0.428. The SMILES string of the molecule is O=C(O)c1ccc2cc(-c3ccc(OC[C@H](O)CO)c(C45CC6CC(CC(C6)C4)C5)c3)ccc2c1. The third-order valence-corrected chi connectivity index (χ3v) is 8.65. The molecule has 3 N–H and O–H groups in total. The number of carboxylic acids is 1. The molecule has 1 atom stereocenters. The first-order chi connectivity index (χ1) is 16.9. The number of aliphatic hydroxyl groups is 2. The molecule has 3 aromatic rings. The van der Waals surface area contributed by atoms with Crippen molar-refractivity contribution in [2.45, 2.75) is 50.0 Å². The number of ether oxygens (including phenoxy) is 1. The summed E-state index contributed by atoms with van der Waals surface area (Å²) in [6.45, 7) is -0.234. The Balaban J connectivity index is 1.41. The van der Waals surface area contributed by atoms with Gasteiger partial charge in [0.05, 0.1) is 12.2 Å². The van der Waals surface area contributed by atoms with Gasteiger partial charge in [-0.15, -0.1) is 0 Å². The van der Waals surface area contributed by atoms with Crippen LogP contribution in [0.15, 0.2) is 54.6 Å². The van der Waals surface area contributed by atoms with Gasteiger partial charge in [0.1, 0.15) is 18.5 Å². The van der Waals surface area contributed by atoms with E-state index >= 15 is 0 Å². The van der Waals surface area contributed by atoms with Gasteiger partial charge in [0, 0.05) is 5.56 Å². The third-order valence-electron chi connectivity index (χ3n) is 8.65. The normalized spacial score (nSPS) is 27.8. The van der Waals surface area contributed by atoms with Gasteiger partial charge in [-0.3, -0.25) is 0 Å². The van der Waals surface area contributed by atoms with Gasteiger partial charge in [-0.1, -0.05) is 24.3 Å². The third kappa shape index (κ3) is 4.11. The van der Waals surface area contributed by atoms with E-state index in [4.69, 9.17) is 4.74 Å². The highest BCUT2D eigenvalue weighted by atomic mass is 16.5. The van der Waals surface area contributed by atoms with Gasteiger partial charge in [0.15, 0.2) is 0 Å². The molecular formula is C30H32O5. The Morgan fingerprint density at radius 3 is 2.14 bits per heavy atom. The monoisotopic (exact) mass is 472 g/mol. The lowest BCUT2D eigenvalue weighted by Crippen LogP contribution is -2.48. The zero-order valence-corrected chi connectivity index (χ0v) is 19.8. The van der Waals surface area contributed by atoms with Gasteiger partial charge < -0.3 is 20.1 Å². The molecule has 0 aromatic heterocycles. The van der Waals surface area contributed by atoms with Crippen LogP contribution in [0.2, 0.25) is 0 Å². The number of carboxylic acid groups (broad SMARTS) is 1. The zero-order chi connectivity index (χ0) is 24.2. The zero-order valence-electron chi connectivity index (χ0n) is 19.8. The molecule has 0 saturated heterocycles. The smallest absolute Gasteiger partial charge is 0.335 e. The fraction of sp³-hybridized carbons (Fsp3) is 0.433. The maximum absolute atomic E-state index is 11.3. The van der Waals surface area contributed by atoms with E-state index in [1.807, 2.05) is 18.2 Å². The number of aromatic carboxylic acids is 1. The summed E-state index contributed by atoms with van der Waals surface area (Å²) in [5.41, 5.74) is 3.88. The highest BCUT2D eigenvalue weighted by Crippen LogP contribution is 2.62. The maximum Gasteiger partial charge on any atom is 0.335 e. The highest BCUT2D eigenvalue weighted by molar-refractivity contribution is 5.95. The average molecular weight is 473 g/mol. The minimum absolute atomic E-state index is 0.0805. The molecule has 7 rings (SSSR count). The van der Waals surface area contributed by atoms with E-state index in [2.05, 4.69) is 24.3 Å². The van der Waals surface area contributed by atoms with E-state index in [1.165, 1.54) is 44.1 Å². The number of hydrogen-bond acceptors (Lipinski definition) is 4. The van der Waals surface area contributed by atoms with Crippen molar-refractivity contribution in [3.63, 3.8) is 0 Å². The molecule has 0 heterocycles. The number of hydrogen-bond donors (Lipinski definition) is 3. The Kier molecular flexibility index (Phi) is 5.58. The Hall–Kier alpha value is -2.89. The predicted molar refractivity (Wildman–Crippen MR) is 135 cm³/mol. The lowest BCUT2D eigenvalue weighted by molar-refractivity contribution is -0.00735. The molecule has 4 fully saturated rings. The van der Waals surface area contributed by atoms with Gasteiger partial charge >= 0.3 is 5.97 Å². The van der Waals surface area contributed by atoms with Gasteiger partial charge in [-0.2, -0.15) is 0 Å². The van der Waals surface area contributed by atoms with E-state index in [1.54, 1.807) is 12.1 Å². The minimum atomic E-state index is -0.918. The van der Waals surface area contributed by atoms with Crippen molar-refractivity contribution in [1.82, 2.24) is 0 Å². The van der Waals surface area contributed by atoms with Gasteiger partial charge in [0.25, 0.3) is 0 Å². The number of aliphatic hydroxyl groups excluding tert-OH is 2. The molecule has 0 aliphatic heterocycles. The van der Waals surface area contributed by atoms with Crippen molar-refractivity contribution in [1.29, 1.82) is 0 Å². The molecule has 4 aliphatic carbocycles. The first-order valence-electron chi connectivity index (χ1n) is 12.8. The van der Waals surface area contributed by atoms with E-state index in [0.717, 1.165) is 45.4 Å². The van der Waals surface area contributed by atoms with Crippen LogP contribution in [-0.4, -0.2) is 40.6 Å². The molecule has 35 heavy (non-hydrogen) atoms. The van der Waals surface area contributed by atoms with Crippen LogP contribution in [-0.2, 0) is 5.41 Å². The fourth-order valence-corrected chi connectivity index (χ4v) is 7.49. The lowest BCUT2D eigenvalue weighted by Gasteiger charge is -2.57. The van der Waals surface area contributed by atoms with Crippen LogP contribution in [0.3, 0.4) is 0 Å². The van der Waals surface area contributed by atoms with Gasteiger partial charge in [-0.25, -0.2) is 4.79 Å². The maximum atomic E-state index is 11.3. The van der Waals surface area contributed by atoms with E-state index < -0.39 is 12.1 Å². The van der Waals surface area contributed by atoms with Crippen LogP contribution >= 0.6 is 0 Å². The number of fused-ring (bicyclic) bond motifs is 1. The summed E-state index contributed by atoms with van der Waals surface area (Å²) in [5.74, 6) is 2.30. The Labute approximate surface area is 205 Å². The topological polar surface area (TPSA) is 87.0 Å². The lowest BCUT2D eigenvalue weighted by atomic mass is 9.48. The molecule has 3 aromatic carbocycles. The van der Waals surface area contributed by atoms with Crippen LogP contribution < -0.4 is 4.74 Å². The number of carbonyl (C=O) groups is 1. The molecule has 0 unspecified atom stereocenters. The Morgan fingerprint density at radius 1 is 0.886 bits per heavy atom. The molecule has 0 radical (unpaired) electrons. The first-order valence-corrected chi connectivity index (χ1v) is 12.8. The van der Waals surface area contributed by atoms with Crippen LogP contribution in [0.25, 0.3) is 21.9 Å². The summed E-state index contributed by atoms with van der Waals surface area (Å²) in [6.07, 6.45) is 6.81. The summed E-state index contributed by atoms with van der Waals surface area (Å²) in [7, 11) is 0. The Morgan fingerprint density at radius 2 is 1.49 bits per heavy atom. The van der Waals surface area contributed by atoms with Crippen molar-refractivity contribution in [3.8, 4) is 16.9 Å². The summed E-state index contributed by atoms with van der Waals surface area (Å²) in [5, 5.41) is 30.4.